The van der Waals surface area contributed by atoms with Gasteiger partial charge < -0.3 is 15.0 Å². The summed E-state index contributed by atoms with van der Waals surface area (Å²) in [6.45, 7) is 3.86. The molecule has 1 saturated carbocycles. The molecule has 1 fully saturated rings. The summed E-state index contributed by atoms with van der Waals surface area (Å²) in [5.74, 6) is 0.157. The van der Waals surface area contributed by atoms with Crippen LogP contribution in [-0.2, 0) is 9.59 Å². The van der Waals surface area contributed by atoms with Gasteiger partial charge in [-0.25, -0.2) is 0 Å². The van der Waals surface area contributed by atoms with Crippen LogP contribution in [0.15, 0.2) is 54.6 Å². The molecule has 2 aromatic carbocycles. The lowest BCUT2D eigenvalue weighted by atomic mass is 10.0. The molecular formula is C21H24N2O3. The summed E-state index contributed by atoms with van der Waals surface area (Å²) in [5, 5.41) is 2.89. The number of benzene rings is 2. The van der Waals surface area contributed by atoms with Crippen molar-refractivity contribution in [2.24, 2.45) is 5.41 Å². The Labute approximate surface area is 154 Å². The molecule has 0 aliphatic heterocycles. The van der Waals surface area contributed by atoms with Crippen molar-refractivity contribution in [1.29, 1.82) is 0 Å². The molecule has 0 radical (unpaired) electrons. The minimum atomic E-state index is -0.991. The molecule has 26 heavy (non-hydrogen) atoms. The number of amides is 2. The fourth-order valence-electron chi connectivity index (χ4n) is 2.92. The van der Waals surface area contributed by atoms with Gasteiger partial charge in [0, 0.05) is 12.7 Å². The van der Waals surface area contributed by atoms with Crippen LogP contribution in [0.3, 0.4) is 0 Å². The van der Waals surface area contributed by atoms with Gasteiger partial charge >= 0.3 is 0 Å². The van der Waals surface area contributed by atoms with Crippen LogP contribution in [-0.4, -0.2) is 25.0 Å². The van der Waals surface area contributed by atoms with Crippen molar-refractivity contribution in [3.8, 4) is 5.75 Å². The number of hydrogen-bond donors (Lipinski definition) is 1. The Kier molecular flexibility index (Phi) is 4.98. The van der Waals surface area contributed by atoms with E-state index in [4.69, 9.17) is 4.74 Å². The number of ether oxygens (including phenoxy) is 1. The van der Waals surface area contributed by atoms with E-state index in [1.54, 1.807) is 18.0 Å². The average molecular weight is 352 g/mol. The number of rotatable bonds is 6. The zero-order valence-corrected chi connectivity index (χ0v) is 15.4. The number of carbonyl (C=O) groups excluding carboxylic acids is 2. The van der Waals surface area contributed by atoms with E-state index in [0.29, 0.717) is 24.3 Å². The molecule has 2 aromatic rings. The highest BCUT2D eigenvalue weighted by molar-refractivity contribution is 6.17. The predicted octanol–water partition coefficient (Wildman–Crippen LogP) is 3.86. The molecule has 0 unspecified atom stereocenters. The second-order valence-corrected chi connectivity index (χ2v) is 6.90. The number of carbonyl (C=O) groups is 2. The first-order chi connectivity index (χ1) is 12.4. The molecule has 0 atom stereocenters. The third-order valence-corrected chi connectivity index (χ3v) is 4.54. The lowest BCUT2D eigenvalue weighted by Crippen LogP contribution is -2.41. The van der Waals surface area contributed by atoms with Crippen LogP contribution in [0.2, 0.25) is 0 Å². The van der Waals surface area contributed by atoms with Gasteiger partial charge in [-0.3, -0.25) is 9.59 Å². The third kappa shape index (κ3) is 3.57. The molecule has 2 amide bonds. The maximum Gasteiger partial charge on any atom is 0.242 e. The highest BCUT2D eigenvalue weighted by atomic mass is 16.5. The molecule has 5 nitrogen and oxygen atoms in total. The Morgan fingerprint density at radius 2 is 1.65 bits per heavy atom. The minimum Gasteiger partial charge on any atom is -0.489 e. The smallest absolute Gasteiger partial charge is 0.242 e. The maximum absolute atomic E-state index is 13.0. The number of nitrogens with one attached hydrogen (secondary N) is 1. The SMILES string of the molecule is CC(C)Oc1ccccc1NC(=O)C1(C(=O)N(C)c2ccccc2)CC1. The topological polar surface area (TPSA) is 58.6 Å². The summed E-state index contributed by atoms with van der Waals surface area (Å²) in [6.07, 6.45) is 1.11. The van der Waals surface area contributed by atoms with Gasteiger partial charge in [-0.2, -0.15) is 0 Å². The predicted molar refractivity (Wildman–Crippen MR) is 102 cm³/mol. The molecule has 0 saturated heterocycles. The summed E-state index contributed by atoms with van der Waals surface area (Å²) < 4.78 is 5.75. The van der Waals surface area contributed by atoms with Crippen molar-refractivity contribution in [2.45, 2.75) is 32.8 Å². The highest BCUT2D eigenvalue weighted by Gasteiger charge is 2.57. The first-order valence-electron chi connectivity index (χ1n) is 8.84. The van der Waals surface area contributed by atoms with Crippen molar-refractivity contribution >= 4 is 23.2 Å². The lowest BCUT2D eigenvalue weighted by molar-refractivity contribution is -0.132. The first kappa shape index (κ1) is 18.0. The Bertz CT molecular complexity index is 798. The van der Waals surface area contributed by atoms with Crippen molar-refractivity contribution in [3.05, 3.63) is 54.6 Å². The molecule has 0 spiro atoms. The van der Waals surface area contributed by atoms with E-state index in [-0.39, 0.29) is 17.9 Å². The van der Waals surface area contributed by atoms with Crippen molar-refractivity contribution in [1.82, 2.24) is 0 Å². The van der Waals surface area contributed by atoms with Gasteiger partial charge in [0.1, 0.15) is 11.2 Å². The molecular weight excluding hydrogens is 328 g/mol. The Morgan fingerprint density at radius 1 is 1.04 bits per heavy atom. The normalized spacial score (nSPS) is 14.6. The number of anilines is 2. The van der Waals surface area contributed by atoms with Crippen molar-refractivity contribution in [2.75, 3.05) is 17.3 Å². The van der Waals surface area contributed by atoms with Crippen molar-refractivity contribution in [3.63, 3.8) is 0 Å². The largest absolute Gasteiger partial charge is 0.489 e. The summed E-state index contributed by atoms with van der Waals surface area (Å²) in [4.78, 5) is 27.4. The van der Waals surface area contributed by atoms with Gasteiger partial charge in [-0.05, 0) is 51.0 Å². The van der Waals surface area contributed by atoms with Crippen LogP contribution in [0.4, 0.5) is 11.4 Å². The molecule has 0 heterocycles. The van der Waals surface area contributed by atoms with E-state index in [0.717, 1.165) is 5.69 Å². The van der Waals surface area contributed by atoms with E-state index >= 15 is 0 Å². The zero-order chi connectivity index (χ0) is 18.7. The summed E-state index contributed by atoms with van der Waals surface area (Å²) >= 11 is 0. The second-order valence-electron chi connectivity index (χ2n) is 6.90. The fraction of sp³-hybridized carbons (Fsp3) is 0.333. The van der Waals surface area contributed by atoms with Crippen molar-refractivity contribution < 1.29 is 14.3 Å². The van der Waals surface area contributed by atoms with Crippen LogP contribution in [0.5, 0.6) is 5.75 Å². The lowest BCUT2D eigenvalue weighted by Gasteiger charge is -2.23. The Morgan fingerprint density at radius 3 is 2.27 bits per heavy atom. The van der Waals surface area contributed by atoms with E-state index in [1.807, 2.05) is 62.4 Å². The quantitative estimate of drug-likeness (QED) is 0.803. The molecule has 1 aliphatic carbocycles. The molecule has 0 aromatic heterocycles. The second kappa shape index (κ2) is 7.20. The van der Waals surface area contributed by atoms with Gasteiger partial charge in [-0.1, -0.05) is 30.3 Å². The summed E-state index contributed by atoms with van der Waals surface area (Å²) in [5.41, 5.74) is 0.378. The molecule has 3 rings (SSSR count). The van der Waals surface area contributed by atoms with E-state index < -0.39 is 5.41 Å². The third-order valence-electron chi connectivity index (χ3n) is 4.54. The van der Waals surface area contributed by atoms with Crippen LogP contribution >= 0.6 is 0 Å². The molecule has 5 heteroatoms. The number of nitrogens with zero attached hydrogens (tertiary/aromatic N) is 1. The standard InChI is InChI=1S/C21H24N2O3/c1-15(2)26-18-12-8-7-11-17(18)22-19(24)21(13-14-21)20(25)23(3)16-9-5-4-6-10-16/h4-12,15H,13-14H2,1-3H3,(H,22,24). The Balaban J connectivity index is 1.77. The number of hydrogen-bond acceptors (Lipinski definition) is 3. The first-order valence-corrected chi connectivity index (χ1v) is 8.84. The summed E-state index contributed by atoms with van der Waals surface area (Å²) in [6, 6.07) is 16.7. The van der Waals surface area contributed by atoms with Crippen LogP contribution in [0.25, 0.3) is 0 Å². The van der Waals surface area contributed by atoms with Crippen LogP contribution in [0, 0.1) is 5.41 Å². The zero-order valence-electron chi connectivity index (χ0n) is 15.4. The minimum absolute atomic E-state index is 0.00576. The van der Waals surface area contributed by atoms with Gasteiger partial charge in [0.2, 0.25) is 11.8 Å². The maximum atomic E-state index is 13.0. The fourth-order valence-corrected chi connectivity index (χ4v) is 2.92. The van der Waals surface area contributed by atoms with Gasteiger partial charge in [-0.15, -0.1) is 0 Å². The summed E-state index contributed by atoms with van der Waals surface area (Å²) in [7, 11) is 1.71. The molecule has 136 valence electrons. The van der Waals surface area contributed by atoms with Gasteiger partial charge in [0.25, 0.3) is 0 Å². The van der Waals surface area contributed by atoms with E-state index in [2.05, 4.69) is 5.32 Å². The van der Waals surface area contributed by atoms with Crippen LogP contribution < -0.4 is 15.0 Å². The average Bonchev–Trinajstić information content (AvgIpc) is 3.44. The highest BCUT2D eigenvalue weighted by Crippen LogP contribution is 2.49. The van der Waals surface area contributed by atoms with Gasteiger partial charge in [0.15, 0.2) is 0 Å². The van der Waals surface area contributed by atoms with E-state index in [1.165, 1.54) is 0 Å². The molecule has 1 aliphatic rings. The number of para-hydroxylation sites is 3. The monoisotopic (exact) mass is 352 g/mol. The molecule has 1 N–H and O–H groups in total. The van der Waals surface area contributed by atoms with E-state index in [9.17, 15) is 9.59 Å². The van der Waals surface area contributed by atoms with Crippen LogP contribution in [0.1, 0.15) is 26.7 Å². The molecule has 0 bridgehead atoms. The Hall–Kier alpha value is -2.82. The van der Waals surface area contributed by atoms with Gasteiger partial charge in [0.05, 0.1) is 11.8 Å².